The van der Waals surface area contributed by atoms with E-state index in [4.69, 9.17) is 0 Å². The number of carbonyl (C=O) groups is 1. The number of alkyl halides is 5. The fourth-order valence-corrected chi connectivity index (χ4v) is 1.29. The van der Waals surface area contributed by atoms with E-state index >= 15 is 0 Å². The molecule has 0 atom stereocenters. The number of halogens is 5. The molecule has 0 fully saturated rings. The second kappa shape index (κ2) is 5.28. The number of esters is 1. The first-order valence-corrected chi connectivity index (χ1v) is 4.79. The van der Waals surface area contributed by atoms with Crippen LogP contribution in [0.5, 0.6) is 0 Å². The molecule has 0 N–H and O–H groups in total. The average Bonchev–Trinajstić information content (AvgIpc) is 2.27. The van der Waals surface area contributed by atoms with Gasteiger partial charge in [-0.05, 0) is 6.92 Å². The van der Waals surface area contributed by atoms with Crippen molar-refractivity contribution in [3.8, 4) is 0 Å². The molecule has 3 nitrogen and oxygen atoms in total. The minimum Gasteiger partial charge on any atom is -0.462 e. The van der Waals surface area contributed by atoms with E-state index in [1.807, 2.05) is 0 Å². The lowest BCUT2D eigenvalue weighted by Crippen LogP contribution is -2.18. The highest BCUT2D eigenvalue weighted by atomic mass is 19.4. The van der Waals surface area contributed by atoms with E-state index < -0.39 is 35.3 Å². The number of ether oxygens (including phenoxy) is 1. The lowest BCUT2D eigenvalue weighted by molar-refractivity contribution is -0.138. The molecule has 18 heavy (non-hydrogen) atoms. The van der Waals surface area contributed by atoms with Crippen LogP contribution >= 0.6 is 0 Å². The predicted octanol–water partition coefficient (Wildman–Crippen LogP) is 3.21. The summed E-state index contributed by atoms with van der Waals surface area (Å²) in [6.07, 6.45) is -7.37. The van der Waals surface area contributed by atoms with E-state index in [0.29, 0.717) is 12.4 Å². The topological polar surface area (TPSA) is 39.2 Å². The highest BCUT2D eigenvalue weighted by molar-refractivity contribution is 5.93. The molecule has 1 aromatic rings. The molecule has 0 aromatic carbocycles. The molecule has 1 aromatic heterocycles. The third-order valence-corrected chi connectivity index (χ3v) is 2.00. The molecule has 0 aliphatic heterocycles. The zero-order valence-corrected chi connectivity index (χ0v) is 9.09. The fourth-order valence-electron chi connectivity index (χ4n) is 1.29. The summed E-state index contributed by atoms with van der Waals surface area (Å²) in [7, 11) is 0. The van der Waals surface area contributed by atoms with Gasteiger partial charge < -0.3 is 4.74 Å². The first-order chi connectivity index (χ1) is 8.29. The summed E-state index contributed by atoms with van der Waals surface area (Å²) in [6.45, 7) is 1.13. The van der Waals surface area contributed by atoms with Gasteiger partial charge in [0.25, 0.3) is 6.43 Å². The fraction of sp³-hybridized carbons (Fsp3) is 0.400. The van der Waals surface area contributed by atoms with Gasteiger partial charge in [0.15, 0.2) is 0 Å². The number of aromatic nitrogens is 1. The second-order valence-corrected chi connectivity index (χ2v) is 3.17. The molecule has 0 unspecified atom stereocenters. The molecular weight excluding hydrogens is 261 g/mol. The summed E-state index contributed by atoms with van der Waals surface area (Å²) in [5.41, 5.74) is -3.81. The number of carbonyl (C=O) groups excluding carboxylic acids is 1. The number of hydrogen-bond donors (Lipinski definition) is 0. The summed E-state index contributed by atoms with van der Waals surface area (Å²) < 4.78 is 67.3. The maximum atomic E-state index is 12.6. The molecule has 1 heterocycles. The summed E-state index contributed by atoms with van der Waals surface area (Å²) in [6, 6.07) is 0. The van der Waals surface area contributed by atoms with Gasteiger partial charge >= 0.3 is 12.1 Å². The van der Waals surface area contributed by atoms with Gasteiger partial charge in [-0.1, -0.05) is 0 Å². The highest BCUT2D eigenvalue weighted by Crippen LogP contribution is 2.35. The Balaban J connectivity index is 3.44. The van der Waals surface area contributed by atoms with Crippen molar-refractivity contribution in [3.63, 3.8) is 0 Å². The molecule has 0 spiro atoms. The Morgan fingerprint density at radius 1 is 1.39 bits per heavy atom. The zero-order chi connectivity index (χ0) is 13.9. The standard InChI is InChI=1S/C10H8F5NO2/c1-2-18-9(17)7-5(8(11)12)3-16-4-6(7)10(13,14)15/h3-4,8H,2H2,1H3. The second-order valence-electron chi connectivity index (χ2n) is 3.17. The molecule has 8 heteroatoms. The van der Waals surface area contributed by atoms with Gasteiger partial charge in [-0.15, -0.1) is 0 Å². The Morgan fingerprint density at radius 3 is 2.44 bits per heavy atom. The number of hydrogen-bond acceptors (Lipinski definition) is 3. The zero-order valence-electron chi connectivity index (χ0n) is 9.09. The van der Waals surface area contributed by atoms with Crippen LogP contribution in [-0.2, 0) is 10.9 Å². The minimum atomic E-state index is -4.96. The lowest BCUT2D eigenvalue weighted by atomic mass is 10.0. The van der Waals surface area contributed by atoms with Gasteiger partial charge in [0.05, 0.1) is 23.3 Å². The van der Waals surface area contributed by atoms with Crippen molar-refractivity contribution < 1.29 is 31.5 Å². The van der Waals surface area contributed by atoms with Crippen LogP contribution in [0.4, 0.5) is 22.0 Å². The van der Waals surface area contributed by atoms with Crippen LogP contribution in [0.15, 0.2) is 12.4 Å². The lowest BCUT2D eigenvalue weighted by Gasteiger charge is -2.14. The maximum Gasteiger partial charge on any atom is 0.418 e. The molecule has 0 aliphatic carbocycles. The van der Waals surface area contributed by atoms with Crippen molar-refractivity contribution >= 4 is 5.97 Å². The Kier molecular flexibility index (Phi) is 4.20. The van der Waals surface area contributed by atoms with E-state index in [1.54, 1.807) is 0 Å². The van der Waals surface area contributed by atoms with Crippen LogP contribution in [0, 0.1) is 0 Å². The van der Waals surface area contributed by atoms with E-state index in [1.165, 1.54) is 6.92 Å². The largest absolute Gasteiger partial charge is 0.462 e. The van der Waals surface area contributed by atoms with E-state index in [0.717, 1.165) is 0 Å². The Morgan fingerprint density at radius 2 is 2.00 bits per heavy atom. The van der Waals surface area contributed by atoms with Crippen LogP contribution in [0.3, 0.4) is 0 Å². The molecule has 0 saturated carbocycles. The van der Waals surface area contributed by atoms with Crippen molar-refractivity contribution in [3.05, 3.63) is 29.1 Å². The average molecular weight is 269 g/mol. The van der Waals surface area contributed by atoms with E-state index in [-0.39, 0.29) is 6.61 Å². The monoisotopic (exact) mass is 269 g/mol. The molecule has 0 aliphatic rings. The van der Waals surface area contributed by atoms with Gasteiger partial charge in [0.1, 0.15) is 0 Å². The number of pyridine rings is 1. The normalized spacial score (nSPS) is 11.7. The highest BCUT2D eigenvalue weighted by Gasteiger charge is 2.38. The van der Waals surface area contributed by atoms with Crippen molar-refractivity contribution in [2.45, 2.75) is 19.5 Å². The molecule has 0 bridgehead atoms. The molecule has 0 saturated heterocycles. The van der Waals surface area contributed by atoms with Crippen molar-refractivity contribution in [1.82, 2.24) is 4.98 Å². The van der Waals surface area contributed by atoms with Gasteiger partial charge in [0.2, 0.25) is 0 Å². The summed E-state index contributed by atoms with van der Waals surface area (Å²) >= 11 is 0. The molecule has 0 amide bonds. The Bertz CT molecular complexity index is 444. The molecule has 100 valence electrons. The van der Waals surface area contributed by atoms with Crippen molar-refractivity contribution in [1.29, 1.82) is 0 Å². The predicted molar refractivity (Wildman–Crippen MR) is 50.2 cm³/mol. The molecule has 0 radical (unpaired) electrons. The van der Waals surface area contributed by atoms with E-state index in [9.17, 15) is 26.7 Å². The van der Waals surface area contributed by atoms with Crippen molar-refractivity contribution in [2.75, 3.05) is 6.61 Å². The van der Waals surface area contributed by atoms with Gasteiger partial charge in [-0.3, -0.25) is 4.98 Å². The van der Waals surface area contributed by atoms with Crippen LogP contribution < -0.4 is 0 Å². The van der Waals surface area contributed by atoms with Crippen LogP contribution in [0.2, 0.25) is 0 Å². The third-order valence-electron chi connectivity index (χ3n) is 2.00. The first-order valence-electron chi connectivity index (χ1n) is 4.79. The minimum absolute atomic E-state index is 0.221. The molecule has 1 rings (SSSR count). The van der Waals surface area contributed by atoms with Gasteiger partial charge in [-0.25, -0.2) is 13.6 Å². The van der Waals surface area contributed by atoms with Gasteiger partial charge in [0, 0.05) is 12.4 Å². The number of rotatable bonds is 3. The summed E-state index contributed by atoms with van der Waals surface area (Å²) in [5, 5.41) is 0. The summed E-state index contributed by atoms with van der Waals surface area (Å²) in [4.78, 5) is 14.4. The van der Waals surface area contributed by atoms with E-state index in [2.05, 4.69) is 9.72 Å². The maximum absolute atomic E-state index is 12.6. The Labute approximate surface area is 98.6 Å². The van der Waals surface area contributed by atoms with Crippen LogP contribution in [-0.4, -0.2) is 17.6 Å². The quantitative estimate of drug-likeness (QED) is 0.624. The van der Waals surface area contributed by atoms with Crippen LogP contribution in [0.1, 0.15) is 34.8 Å². The summed E-state index contributed by atoms with van der Waals surface area (Å²) in [5.74, 6) is -1.44. The molecular formula is C10H8F5NO2. The first kappa shape index (κ1) is 14.3. The Hall–Kier alpha value is -1.73. The third kappa shape index (κ3) is 2.93. The van der Waals surface area contributed by atoms with Crippen LogP contribution in [0.25, 0.3) is 0 Å². The number of nitrogens with zero attached hydrogens (tertiary/aromatic N) is 1. The van der Waals surface area contributed by atoms with Gasteiger partial charge in [-0.2, -0.15) is 13.2 Å². The smallest absolute Gasteiger partial charge is 0.418 e. The SMILES string of the molecule is CCOC(=O)c1c(C(F)F)cncc1C(F)(F)F. The van der Waals surface area contributed by atoms with Crippen molar-refractivity contribution in [2.24, 2.45) is 0 Å².